The molecule has 18 heavy (non-hydrogen) atoms. The first-order valence-corrected chi connectivity index (χ1v) is 7.39. The van der Waals surface area contributed by atoms with Crippen LogP contribution in [0.25, 0.3) is 0 Å². The van der Waals surface area contributed by atoms with E-state index in [1.807, 2.05) is 0 Å². The molecule has 2 atom stereocenters. The van der Waals surface area contributed by atoms with Crippen molar-refractivity contribution in [3.8, 4) is 0 Å². The van der Waals surface area contributed by atoms with Crippen molar-refractivity contribution >= 4 is 5.91 Å². The zero-order valence-corrected chi connectivity index (χ0v) is 12.3. The van der Waals surface area contributed by atoms with Crippen LogP contribution in [0, 0.1) is 11.3 Å². The van der Waals surface area contributed by atoms with E-state index >= 15 is 0 Å². The highest BCUT2D eigenvalue weighted by atomic mass is 16.2. The van der Waals surface area contributed by atoms with Crippen molar-refractivity contribution in [3.63, 3.8) is 0 Å². The van der Waals surface area contributed by atoms with Gasteiger partial charge in [0.25, 0.3) is 0 Å². The molecule has 1 aliphatic heterocycles. The monoisotopic (exact) mass is 249 g/mol. The van der Waals surface area contributed by atoms with Gasteiger partial charge in [0.2, 0.25) is 5.91 Å². The summed E-state index contributed by atoms with van der Waals surface area (Å²) in [6, 6.07) is 0.449. The van der Waals surface area contributed by atoms with Gasteiger partial charge < -0.3 is 4.90 Å². The maximum atomic E-state index is 12.5. The Kier molecular flexibility index (Phi) is 3.84. The summed E-state index contributed by atoms with van der Waals surface area (Å²) in [6.45, 7) is 9.93. The van der Waals surface area contributed by atoms with Crippen molar-refractivity contribution in [2.75, 3.05) is 6.54 Å². The maximum absolute atomic E-state index is 12.5. The molecular weight excluding hydrogens is 222 g/mol. The Balaban J connectivity index is 1.96. The van der Waals surface area contributed by atoms with E-state index in [4.69, 9.17) is 0 Å². The third-order valence-corrected chi connectivity index (χ3v) is 5.29. The highest BCUT2D eigenvalue weighted by molar-refractivity contribution is 5.77. The van der Waals surface area contributed by atoms with Crippen LogP contribution in [0.3, 0.4) is 0 Å². The second-order valence-corrected chi connectivity index (χ2v) is 6.68. The molecule has 0 radical (unpaired) electrons. The summed E-state index contributed by atoms with van der Waals surface area (Å²) in [7, 11) is 0. The molecule has 2 nitrogen and oxygen atoms in total. The fourth-order valence-electron chi connectivity index (χ4n) is 3.33. The molecule has 2 unspecified atom stereocenters. The van der Waals surface area contributed by atoms with Crippen LogP contribution in [0.5, 0.6) is 0 Å². The maximum Gasteiger partial charge on any atom is 0.223 e. The molecule has 0 bridgehead atoms. The molecule has 0 spiro atoms. The Morgan fingerprint density at radius 3 is 2.72 bits per heavy atom. The second kappa shape index (κ2) is 5.07. The van der Waals surface area contributed by atoms with Gasteiger partial charge in [0.05, 0.1) is 0 Å². The van der Waals surface area contributed by atoms with Gasteiger partial charge >= 0.3 is 0 Å². The number of nitrogens with zero attached hydrogens (tertiary/aromatic N) is 1. The Labute approximate surface area is 111 Å². The molecular formula is C16H27NO. The number of piperidine rings is 1. The molecule has 0 aromatic heterocycles. The number of carbonyl (C=O) groups is 1. The number of hydrogen-bond donors (Lipinski definition) is 0. The second-order valence-electron chi connectivity index (χ2n) is 6.68. The number of allylic oxidation sites excluding steroid dienone is 2. The van der Waals surface area contributed by atoms with Gasteiger partial charge in [-0.05, 0) is 50.9 Å². The Hall–Kier alpha value is -0.790. The first-order chi connectivity index (χ1) is 8.43. The molecule has 1 saturated heterocycles. The van der Waals surface area contributed by atoms with Gasteiger partial charge in [-0.25, -0.2) is 0 Å². The standard InChI is InChI=1S/C16H27NO/c1-12-8-9-14(16(12,3)4)11-15(18)17-10-6-5-7-13(17)2/h8,13-14H,5-7,9-11H2,1-4H3. The number of likely N-dealkylation sites (tertiary alicyclic amines) is 1. The average Bonchev–Trinajstić information content (AvgIpc) is 2.56. The first-order valence-electron chi connectivity index (χ1n) is 7.39. The van der Waals surface area contributed by atoms with E-state index < -0.39 is 0 Å². The summed E-state index contributed by atoms with van der Waals surface area (Å²) in [5.41, 5.74) is 1.65. The topological polar surface area (TPSA) is 20.3 Å². The molecule has 0 aromatic carbocycles. The number of amides is 1. The minimum absolute atomic E-state index is 0.203. The molecule has 2 aliphatic rings. The summed E-state index contributed by atoms with van der Waals surface area (Å²) in [5.74, 6) is 0.877. The van der Waals surface area contributed by atoms with E-state index in [1.54, 1.807) is 0 Å². The third kappa shape index (κ3) is 2.48. The van der Waals surface area contributed by atoms with Gasteiger partial charge in [0, 0.05) is 19.0 Å². The van der Waals surface area contributed by atoms with Gasteiger partial charge in [-0.3, -0.25) is 4.79 Å². The van der Waals surface area contributed by atoms with Crippen LogP contribution in [-0.2, 0) is 4.79 Å². The smallest absolute Gasteiger partial charge is 0.223 e. The minimum Gasteiger partial charge on any atom is -0.340 e. The van der Waals surface area contributed by atoms with E-state index in [1.165, 1.54) is 24.8 Å². The molecule has 1 amide bonds. The average molecular weight is 249 g/mol. The molecule has 0 N–H and O–H groups in total. The third-order valence-electron chi connectivity index (χ3n) is 5.29. The summed E-state index contributed by atoms with van der Waals surface area (Å²) >= 11 is 0. The van der Waals surface area contributed by atoms with Crippen LogP contribution >= 0.6 is 0 Å². The fourth-order valence-corrected chi connectivity index (χ4v) is 3.33. The van der Waals surface area contributed by atoms with Crippen LogP contribution < -0.4 is 0 Å². The Bertz CT molecular complexity index is 356. The number of carbonyl (C=O) groups excluding carboxylic acids is 1. The van der Waals surface area contributed by atoms with Crippen molar-refractivity contribution in [3.05, 3.63) is 11.6 Å². The summed E-state index contributed by atoms with van der Waals surface area (Å²) in [4.78, 5) is 14.6. The summed E-state index contributed by atoms with van der Waals surface area (Å²) in [6.07, 6.45) is 7.76. The normalized spacial score (nSPS) is 31.3. The lowest BCUT2D eigenvalue weighted by Gasteiger charge is -2.36. The lowest BCUT2D eigenvalue weighted by Crippen LogP contribution is -2.43. The van der Waals surface area contributed by atoms with Crippen molar-refractivity contribution in [1.82, 2.24) is 4.90 Å². The van der Waals surface area contributed by atoms with E-state index in [9.17, 15) is 4.79 Å². The molecule has 1 fully saturated rings. The molecule has 102 valence electrons. The van der Waals surface area contributed by atoms with Crippen molar-refractivity contribution in [2.24, 2.45) is 11.3 Å². The fraction of sp³-hybridized carbons (Fsp3) is 0.812. The molecule has 2 rings (SSSR count). The number of rotatable bonds is 2. The predicted molar refractivity (Wildman–Crippen MR) is 75.3 cm³/mol. The zero-order chi connectivity index (χ0) is 13.3. The Morgan fingerprint density at radius 2 is 2.17 bits per heavy atom. The van der Waals surface area contributed by atoms with Crippen LogP contribution in [-0.4, -0.2) is 23.4 Å². The van der Waals surface area contributed by atoms with E-state index in [0.717, 1.165) is 19.4 Å². The van der Waals surface area contributed by atoms with Crippen LogP contribution in [0.1, 0.15) is 59.8 Å². The SMILES string of the molecule is CC1=CCC(CC(=O)N2CCCCC2C)C1(C)C. The van der Waals surface area contributed by atoms with Crippen molar-refractivity contribution in [1.29, 1.82) is 0 Å². The quantitative estimate of drug-likeness (QED) is 0.682. The first kappa shape index (κ1) is 13.6. The van der Waals surface area contributed by atoms with Crippen LogP contribution in [0.4, 0.5) is 0 Å². The van der Waals surface area contributed by atoms with Gasteiger partial charge in [-0.1, -0.05) is 25.5 Å². The van der Waals surface area contributed by atoms with Crippen LogP contribution in [0.15, 0.2) is 11.6 Å². The van der Waals surface area contributed by atoms with Gasteiger partial charge in [0.15, 0.2) is 0 Å². The minimum atomic E-state index is 0.203. The highest BCUT2D eigenvalue weighted by Gasteiger charge is 2.37. The molecule has 1 heterocycles. The summed E-state index contributed by atoms with van der Waals surface area (Å²) < 4.78 is 0. The Morgan fingerprint density at radius 1 is 1.44 bits per heavy atom. The van der Waals surface area contributed by atoms with Crippen molar-refractivity contribution in [2.45, 2.75) is 65.8 Å². The molecule has 1 aliphatic carbocycles. The van der Waals surface area contributed by atoms with E-state index in [-0.39, 0.29) is 5.41 Å². The van der Waals surface area contributed by atoms with Gasteiger partial charge in [0.1, 0.15) is 0 Å². The number of hydrogen-bond acceptors (Lipinski definition) is 1. The largest absolute Gasteiger partial charge is 0.340 e. The van der Waals surface area contributed by atoms with Gasteiger partial charge in [-0.2, -0.15) is 0 Å². The predicted octanol–water partition coefficient (Wildman–Crippen LogP) is 3.77. The lowest BCUT2D eigenvalue weighted by molar-refractivity contribution is -0.136. The highest BCUT2D eigenvalue weighted by Crippen LogP contribution is 2.44. The van der Waals surface area contributed by atoms with E-state index in [2.05, 4.69) is 38.7 Å². The molecule has 0 saturated carbocycles. The van der Waals surface area contributed by atoms with E-state index in [0.29, 0.717) is 17.9 Å². The molecule has 2 heteroatoms. The lowest BCUT2D eigenvalue weighted by atomic mass is 9.76. The zero-order valence-electron chi connectivity index (χ0n) is 12.3. The van der Waals surface area contributed by atoms with Crippen molar-refractivity contribution < 1.29 is 4.79 Å². The van der Waals surface area contributed by atoms with Crippen LogP contribution in [0.2, 0.25) is 0 Å². The summed E-state index contributed by atoms with van der Waals surface area (Å²) in [5, 5.41) is 0. The van der Waals surface area contributed by atoms with Gasteiger partial charge in [-0.15, -0.1) is 0 Å². The molecule has 0 aromatic rings.